The molecule has 3 nitrogen and oxygen atoms in total. The van der Waals surface area contributed by atoms with Crippen molar-refractivity contribution in [2.75, 3.05) is 12.4 Å². The maximum atomic E-state index is 12.4. The van der Waals surface area contributed by atoms with Crippen LogP contribution in [0, 0.1) is 0 Å². The monoisotopic (exact) mass is 361 g/mol. The second-order valence-corrected chi connectivity index (χ2v) is 6.95. The van der Waals surface area contributed by atoms with Crippen LogP contribution in [-0.4, -0.2) is 13.0 Å². The van der Waals surface area contributed by atoms with E-state index in [0.717, 1.165) is 10.2 Å². The molecule has 0 aromatic heterocycles. The van der Waals surface area contributed by atoms with Crippen molar-refractivity contribution in [3.63, 3.8) is 0 Å². The SMILES string of the molecule is COc1ccccc1C(=O)Nc1ccc(C(C)(C)C)cc1Br. The summed E-state index contributed by atoms with van der Waals surface area (Å²) in [4.78, 5) is 12.4. The van der Waals surface area contributed by atoms with E-state index in [1.54, 1.807) is 19.2 Å². The molecule has 0 aliphatic carbocycles. The largest absolute Gasteiger partial charge is 0.496 e. The molecule has 22 heavy (non-hydrogen) atoms. The fourth-order valence-electron chi connectivity index (χ4n) is 2.10. The van der Waals surface area contributed by atoms with Gasteiger partial charge in [0.15, 0.2) is 0 Å². The van der Waals surface area contributed by atoms with Gasteiger partial charge in [-0.25, -0.2) is 0 Å². The summed E-state index contributed by atoms with van der Waals surface area (Å²) in [6.07, 6.45) is 0. The molecule has 0 aliphatic heterocycles. The van der Waals surface area contributed by atoms with Crippen LogP contribution in [-0.2, 0) is 5.41 Å². The van der Waals surface area contributed by atoms with E-state index in [2.05, 4.69) is 42.0 Å². The number of ether oxygens (including phenoxy) is 1. The predicted octanol–water partition coefficient (Wildman–Crippen LogP) is 5.01. The van der Waals surface area contributed by atoms with Gasteiger partial charge in [0.05, 0.1) is 18.4 Å². The Labute approximate surface area is 139 Å². The van der Waals surface area contributed by atoms with Crippen molar-refractivity contribution in [3.05, 3.63) is 58.1 Å². The topological polar surface area (TPSA) is 38.3 Å². The molecule has 1 N–H and O–H groups in total. The Balaban J connectivity index is 2.26. The van der Waals surface area contributed by atoms with Gasteiger partial charge in [0.2, 0.25) is 0 Å². The van der Waals surface area contributed by atoms with Crippen LogP contribution < -0.4 is 10.1 Å². The molecule has 2 aromatic carbocycles. The van der Waals surface area contributed by atoms with Gasteiger partial charge in [0.1, 0.15) is 5.75 Å². The van der Waals surface area contributed by atoms with Crippen molar-refractivity contribution in [2.24, 2.45) is 0 Å². The Morgan fingerprint density at radius 2 is 1.82 bits per heavy atom. The summed E-state index contributed by atoms with van der Waals surface area (Å²) in [5, 5.41) is 2.91. The average molecular weight is 362 g/mol. The molecule has 0 heterocycles. The van der Waals surface area contributed by atoms with E-state index in [1.807, 2.05) is 30.3 Å². The smallest absolute Gasteiger partial charge is 0.259 e. The fraction of sp³-hybridized carbons (Fsp3) is 0.278. The molecule has 0 unspecified atom stereocenters. The van der Waals surface area contributed by atoms with Crippen LogP contribution in [0.5, 0.6) is 5.75 Å². The van der Waals surface area contributed by atoms with Gasteiger partial charge in [0.25, 0.3) is 5.91 Å². The van der Waals surface area contributed by atoms with Crippen molar-refractivity contribution in [3.8, 4) is 5.75 Å². The first-order valence-electron chi connectivity index (χ1n) is 7.07. The number of methoxy groups -OCH3 is 1. The summed E-state index contributed by atoms with van der Waals surface area (Å²) in [6.45, 7) is 6.46. The van der Waals surface area contributed by atoms with Crippen LogP contribution in [0.15, 0.2) is 46.9 Å². The molecule has 4 heteroatoms. The number of anilines is 1. The number of halogens is 1. The lowest BCUT2D eigenvalue weighted by Gasteiger charge is -2.20. The molecule has 0 saturated carbocycles. The van der Waals surface area contributed by atoms with Gasteiger partial charge < -0.3 is 10.1 Å². The van der Waals surface area contributed by atoms with Crippen molar-refractivity contribution in [2.45, 2.75) is 26.2 Å². The van der Waals surface area contributed by atoms with E-state index in [9.17, 15) is 4.79 Å². The Morgan fingerprint density at radius 3 is 2.41 bits per heavy atom. The molecular formula is C18H20BrNO2. The minimum atomic E-state index is -0.193. The maximum Gasteiger partial charge on any atom is 0.259 e. The van der Waals surface area contributed by atoms with Gasteiger partial charge in [0, 0.05) is 4.47 Å². The van der Waals surface area contributed by atoms with E-state index in [4.69, 9.17) is 4.74 Å². The van der Waals surface area contributed by atoms with Crippen LogP contribution >= 0.6 is 15.9 Å². The second-order valence-electron chi connectivity index (χ2n) is 6.10. The van der Waals surface area contributed by atoms with Gasteiger partial charge in [-0.3, -0.25) is 4.79 Å². The summed E-state index contributed by atoms with van der Waals surface area (Å²) in [5.74, 6) is 0.365. The number of carbonyl (C=O) groups excluding carboxylic acids is 1. The molecule has 0 aliphatic rings. The molecule has 116 valence electrons. The third kappa shape index (κ3) is 3.69. The van der Waals surface area contributed by atoms with Crippen molar-refractivity contribution < 1.29 is 9.53 Å². The Hall–Kier alpha value is -1.81. The number of nitrogens with one attached hydrogen (secondary N) is 1. The number of carbonyl (C=O) groups is 1. The lowest BCUT2D eigenvalue weighted by atomic mass is 9.87. The van der Waals surface area contributed by atoms with E-state index < -0.39 is 0 Å². The molecule has 0 atom stereocenters. The van der Waals surface area contributed by atoms with Gasteiger partial charge in [-0.1, -0.05) is 39.0 Å². The number of benzene rings is 2. The fourth-order valence-corrected chi connectivity index (χ4v) is 2.58. The number of hydrogen-bond acceptors (Lipinski definition) is 2. The summed E-state index contributed by atoms with van der Waals surface area (Å²) in [6, 6.07) is 13.1. The quantitative estimate of drug-likeness (QED) is 0.834. The highest BCUT2D eigenvalue weighted by molar-refractivity contribution is 9.10. The third-order valence-electron chi connectivity index (χ3n) is 3.43. The Morgan fingerprint density at radius 1 is 1.14 bits per heavy atom. The lowest BCUT2D eigenvalue weighted by Crippen LogP contribution is -2.15. The van der Waals surface area contributed by atoms with Gasteiger partial charge in [-0.05, 0) is 51.2 Å². The second kappa shape index (κ2) is 6.53. The van der Waals surface area contributed by atoms with Crippen molar-refractivity contribution in [1.82, 2.24) is 0 Å². The number of rotatable bonds is 3. The number of hydrogen-bond donors (Lipinski definition) is 1. The lowest BCUT2D eigenvalue weighted by molar-refractivity contribution is 0.102. The minimum Gasteiger partial charge on any atom is -0.496 e. The molecular weight excluding hydrogens is 342 g/mol. The van der Waals surface area contributed by atoms with E-state index in [-0.39, 0.29) is 11.3 Å². The molecule has 0 fully saturated rings. The summed E-state index contributed by atoms with van der Waals surface area (Å²) in [5.41, 5.74) is 2.52. The molecule has 0 bridgehead atoms. The highest BCUT2D eigenvalue weighted by Crippen LogP contribution is 2.30. The molecule has 0 radical (unpaired) electrons. The first-order valence-corrected chi connectivity index (χ1v) is 7.86. The zero-order valence-electron chi connectivity index (χ0n) is 13.2. The summed E-state index contributed by atoms with van der Waals surface area (Å²) >= 11 is 3.53. The summed E-state index contributed by atoms with van der Waals surface area (Å²) < 4.78 is 6.09. The first-order chi connectivity index (χ1) is 10.3. The van der Waals surface area contributed by atoms with Gasteiger partial charge in [-0.2, -0.15) is 0 Å². The van der Waals surface area contributed by atoms with Crippen LogP contribution in [0.1, 0.15) is 36.7 Å². The van der Waals surface area contributed by atoms with Crippen LogP contribution in [0.3, 0.4) is 0 Å². The standard InChI is InChI=1S/C18H20BrNO2/c1-18(2,3)12-9-10-15(14(19)11-12)20-17(21)13-7-5-6-8-16(13)22-4/h5-11H,1-4H3,(H,20,21). The zero-order chi connectivity index (χ0) is 16.3. The van der Waals surface area contributed by atoms with E-state index in [1.165, 1.54) is 5.56 Å². The van der Waals surface area contributed by atoms with Crippen LogP contribution in [0.25, 0.3) is 0 Å². The maximum absolute atomic E-state index is 12.4. The van der Waals surface area contributed by atoms with Crippen LogP contribution in [0.4, 0.5) is 5.69 Å². The minimum absolute atomic E-state index is 0.0632. The Kier molecular flexibility index (Phi) is 4.91. The molecule has 0 saturated heterocycles. The predicted molar refractivity (Wildman–Crippen MR) is 93.8 cm³/mol. The number of amides is 1. The molecule has 1 amide bonds. The zero-order valence-corrected chi connectivity index (χ0v) is 14.8. The number of para-hydroxylation sites is 1. The Bertz CT molecular complexity index is 690. The highest BCUT2D eigenvalue weighted by Gasteiger charge is 2.17. The van der Waals surface area contributed by atoms with E-state index in [0.29, 0.717) is 11.3 Å². The molecule has 2 rings (SSSR count). The van der Waals surface area contributed by atoms with Crippen molar-refractivity contribution >= 4 is 27.5 Å². The van der Waals surface area contributed by atoms with Gasteiger partial charge >= 0.3 is 0 Å². The molecule has 0 spiro atoms. The van der Waals surface area contributed by atoms with Gasteiger partial charge in [-0.15, -0.1) is 0 Å². The van der Waals surface area contributed by atoms with E-state index >= 15 is 0 Å². The first kappa shape index (κ1) is 16.6. The highest BCUT2D eigenvalue weighted by atomic mass is 79.9. The normalized spacial score (nSPS) is 11.1. The van der Waals surface area contributed by atoms with Crippen LogP contribution in [0.2, 0.25) is 0 Å². The third-order valence-corrected chi connectivity index (χ3v) is 4.09. The average Bonchev–Trinajstić information content (AvgIpc) is 2.48. The van der Waals surface area contributed by atoms with Crippen molar-refractivity contribution in [1.29, 1.82) is 0 Å². The molecule has 2 aromatic rings. The summed E-state index contributed by atoms with van der Waals surface area (Å²) in [7, 11) is 1.56.